The molecule has 140 valence electrons. The second kappa shape index (κ2) is 8.28. The van der Waals surface area contributed by atoms with Crippen LogP contribution in [0.3, 0.4) is 0 Å². The van der Waals surface area contributed by atoms with Gasteiger partial charge in [0.1, 0.15) is 11.5 Å². The van der Waals surface area contributed by atoms with E-state index in [1.165, 1.54) is 42.7 Å². The average molecular weight is 364 g/mol. The molecular formula is C18H22NO7+. The number of hydrogen-bond donors (Lipinski definition) is 0. The Bertz CT molecular complexity index is 689. The fourth-order valence-electron chi connectivity index (χ4n) is 2.49. The van der Waals surface area contributed by atoms with Crippen molar-refractivity contribution in [3.05, 3.63) is 29.2 Å². The van der Waals surface area contributed by atoms with Crippen LogP contribution in [0.15, 0.2) is 24.3 Å². The highest BCUT2D eigenvalue weighted by atomic mass is 16.5. The molecule has 2 rings (SSSR count). The quantitative estimate of drug-likeness (QED) is 0.665. The van der Waals surface area contributed by atoms with Crippen molar-refractivity contribution in [1.29, 1.82) is 0 Å². The van der Waals surface area contributed by atoms with Gasteiger partial charge in [-0.1, -0.05) is 0 Å². The SMILES string of the molecule is COc1cc(OC)c([N+](=O)c2c(OC)cc(OC)cc2OC)c(OC)c1. The topological polar surface area (TPSA) is 75.5 Å². The molecule has 0 bridgehead atoms. The zero-order valence-electron chi connectivity index (χ0n) is 15.6. The van der Waals surface area contributed by atoms with E-state index in [1.54, 1.807) is 24.3 Å². The molecule has 0 spiro atoms. The van der Waals surface area contributed by atoms with Gasteiger partial charge < -0.3 is 28.4 Å². The van der Waals surface area contributed by atoms with Crippen LogP contribution in [0.1, 0.15) is 0 Å². The number of nitrogens with zero attached hydrogens (tertiary/aromatic N) is 1. The molecule has 0 aromatic heterocycles. The second-order valence-corrected chi connectivity index (χ2v) is 5.06. The summed E-state index contributed by atoms with van der Waals surface area (Å²) in [4.78, 5) is 13.3. The van der Waals surface area contributed by atoms with Gasteiger partial charge in [0.2, 0.25) is 23.0 Å². The zero-order valence-corrected chi connectivity index (χ0v) is 15.6. The van der Waals surface area contributed by atoms with Crippen LogP contribution >= 0.6 is 0 Å². The van der Waals surface area contributed by atoms with Crippen LogP contribution < -0.4 is 33.2 Å². The summed E-state index contributed by atoms with van der Waals surface area (Å²) >= 11 is 0. The first-order valence-corrected chi connectivity index (χ1v) is 7.61. The molecule has 0 saturated carbocycles. The molecule has 0 atom stereocenters. The second-order valence-electron chi connectivity index (χ2n) is 5.06. The van der Waals surface area contributed by atoms with Gasteiger partial charge in [0, 0.05) is 29.2 Å². The number of nitroso groups, excluding NO2 is 1. The van der Waals surface area contributed by atoms with Crippen LogP contribution in [0.4, 0.5) is 11.4 Å². The molecule has 0 aliphatic heterocycles. The van der Waals surface area contributed by atoms with Crippen LogP contribution in [0, 0.1) is 4.91 Å². The molecule has 0 fully saturated rings. The highest BCUT2D eigenvalue weighted by Gasteiger charge is 2.36. The van der Waals surface area contributed by atoms with Crippen LogP contribution in [0.5, 0.6) is 34.5 Å². The van der Waals surface area contributed by atoms with Gasteiger partial charge in [0.25, 0.3) is 0 Å². The van der Waals surface area contributed by atoms with Gasteiger partial charge in [-0.2, -0.15) is 0 Å². The molecule has 0 unspecified atom stereocenters. The van der Waals surface area contributed by atoms with E-state index in [1.807, 2.05) is 0 Å². The van der Waals surface area contributed by atoms with E-state index >= 15 is 0 Å². The summed E-state index contributed by atoms with van der Waals surface area (Å²) in [5, 5.41) is 0. The van der Waals surface area contributed by atoms with E-state index in [4.69, 9.17) is 28.4 Å². The molecule has 26 heavy (non-hydrogen) atoms. The van der Waals surface area contributed by atoms with E-state index in [2.05, 4.69) is 0 Å². The van der Waals surface area contributed by atoms with Crippen molar-refractivity contribution in [2.45, 2.75) is 0 Å². The molecule has 0 saturated heterocycles. The smallest absolute Gasteiger partial charge is 0.347 e. The molecule has 8 heteroatoms. The maximum Gasteiger partial charge on any atom is 0.347 e. The highest BCUT2D eigenvalue weighted by molar-refractivity contribution is 5.75. The lowest BCUT2D eigenvalue weighted by molar-refractivity contribution is 0.368. The minimum atomic E-state index is 0.151. The number of benzene rings is 2. The lowest BCUT2D eigenvalue weighted by atomic mass is 10.2. The molecule has 0 aliphatic rings. The molecule has 2 aromatic rings. The Balaban J connectivity index is 2.73. The number of ether oxygens (including phenoxy) is 6. The minimum absolute atomic E-state index is 0.151. The Morgan fingerprint density at radius 3 is 1.00 bits per heavy atom. The van der Waals surface area contributed by atoms with Crippen molar-refractivity contribution in [1.82, 2.24) is 4.76 Å². The Morgan fingerprint density at radius 1 is 0.538 bits per heavy atom. The van der Waals surface area contributed by atoms with E-state index < -0.39 is 0 Å². The largest absolute Gasteiger partial charge is 0.496 e. The lowest BCUT2D eigenvalue weighted by Gasteiger charge is -2.12. The summed E-state index contributed by atoms with van der Waals surface area (Å²) in [6, 6.07) is 6.35. The Labute approximate surface area is 151 Å². The van der Waals surface area contributed by atoms with E-state index in [-0.39, 0.29) is 34.4 Å². The van der Waals surface area contributed by atoms with Crippen molar-refractivity contribution in [3.8, 4) is 34.5 Å². The van der Waals surface area contributed by atoms with Crippen molar-refractivity contribution < 1.29 is 28.4 Å². The fourth-order valence-corrected chi connectivity index (χ4v) is 2.49. The van der Waals surface area contributed by atoms with Crippen LogP contribution in [-0.2, 0) is 0 Å². The molecule has 0 amide bonds. The van der Waals surface area contributed by atoms with Crippen LogP contribution in [0.25, 0.3) is 0 Å². The minimum Gasteiger partial charge on any atom is -0.496 e. The van der Waals surface area contributed by atoms with Gasteiger partial charge in [-0.05, 0) is 0 Å². The van der Waals surface area contributed by atoms with Crippen molar-refractivity contribution in [2.24, 2.45) is 0 Å². The van der Waals surface area contributed by atoms with Crippen molar-refractivity contribution >= 4 is 11.4 Å². The molecule has 0 radical (unpaired) electrons. The maximum absolute atomic E-state index is 13.3. The zero-order chi connectivity index (χ0) is 19.3. The third kappa shape index (κ3) is 3.44. The van der Waals surface area contributed by atoms with Gasteiger partial charge in [-0.15, -0.1) is 0 Å². The number of rotatable bonds is 8. The standard InChI is InChI=1S/C18H22NO7/c1-21-11-7-13(23-3)17(14(8-11)24-4)19(20)18-15(25-5)9-12(22-2)10-16(18)26-6/h7-10H,1-6H3/q+1. The fraction of sp³-hybridized carbons (Fsp3) is 0.333. The first-order chi connectivity index (χ1) is 12.5. The predicted octanol–water partition coefficient (Wildman–Crippen LogP) is 3.34. The molecule has 2 aromatic carbocycles. The summed E-state index contributed by atoms with van der Waals surface area (Å²) in [5.41, 5.74) is 0.301. The summed E-state index contributed by atoms with van der Waals surface area (Å²) < 4.78 is 32.5. The molecule has 0 aliphatic carbocycles. The van der Waals surface area contributed by atoms with Gasteiger partial charge in [0.15, 0.2) is 0 Å². The summed E-state index contributed by atoms with van der Waals surface area (Å²) in [6.45, 7) is 0. The Morgan fingerprint density at radius 2 is 0.808 bits per heavy atom. The van der Waals surface area contributed by atoms with Crippen LogP contribution in [-0.4, -0.2) is 42.7 Å². The Hall–Kier alpha value is -3.16. The lowest BCUT2D eigenvalue weighted by Crippen LogP contribution is -2.07. The van der Waals surface area contributed by atoms with Gasteiger partial charge >= 0.3 is 11.4 Å². The molecule has 0 heterocycles. The van der Waals surface area contributed by atoms with Crippen LogP contribution in [0.2, 0.25) is 0 Å². The third-order valence-electron chi connectivity index (χ3n) is 3.78. The van der Waals surface area contributed by atoms with Gasteiger partial charge in [0.05, 0.1) is 47.4 Å². The van der Waals surface area contributed by atoms with E-state index in [0.717, 1.165) is 0 Å². The predicted molar refractivity (Wildman–Crippen MR) is 97.0 cm³/mol. The first-order valence-electron chi connectivity index (χ1n) is 7.61. The summed E-state index contributed by atoms with van der Waals surface area (Å²) in [6.07, 6.45) is 0. The van der Waals surface area contributed by atoms with E-state index in [9.17, 15) is 4.91 Å². The maximum atomic E-state index is 13.3. The molecular weight excluding hydrogens is 342 g/mol. The average Bonchev–Trinajstić information content (AvgIpc) is 2.70. The van der Waals surface area contributed by atoms with Crippen molar-refractivity contribution in [3.63, 3.8) is 0 Å². The highest BCUT2D eigenvalue weighted by Crippen LogP contribution is 2.48. The third-order valence-corrected chi connectivity index (χ3v) is 3.78. The summed E-state index contributed by atoms with van der Waals surface area (Å²) in [7, 11) is 8.83. The van der Waals surface area contributed by atoms with Gasteiger partial charge in [-0.3, -0.25) is 0 Å². The first kappa shape index (κ1) is 19.2. The van der Waals surface area contributed by atoms with Gasteiger partial charge in [-0.25, -0.2) is 0 Å². The van der Waals surface area contributed by atoms with Crippen molar-refractivity contribution in [2.75, 3.05) is 42.7 Å². The Kier molecular flexibility index (Phi) is 6.11. The molecule has 0 N–H and O–H groups in total. The molecule has 8 nitrogen and oxygen atoms in total. The number of hydrogen-bond acceptors (Lipinski definition) is 7. The summed E-state index contributed by atoms with van der Waals surface area (Å²) in [5.74, 6) is 2.08. The monoisotopic (exact) mass is 364 g/mol. The normalized spacial score (nSPS) is 10.1. The van der Waals surface area contributed by atoms with E-state index in [0.29, 0.717) is 16.3 Å². The number of methoxy groups -OCH3 is 6.